The van der Waals surface area contributed by atoms with Crippen LogP contribution in [-0.4, -0.2) is 21.8 Å². The zero-order valence-corrected chi connectivity index (χ0v) is 10.8. The maximum absolute atomic E-state index is 9.46. The number of hydrogen-bond acceptors (Lipinski definition) is 5. The first kappa shape index (κ1) is 12.2. The van der Waals surface area contributed by atoms with Crippen LogP contribution in [0.1, 0.15) is 17.6 Å². The van der Waals surface area contributed by atoms with Crippen molar-refractivity contribution in [1.29, 1.82) is 0 Å². The molecule has 0 saturated carbocycles. The van der Waals surface area contributed by atoms with Crippen LogP contribution in [0.5, 0.6) is 0 Å². The number of aliphatic hydroxyl groups excluding tert-OH is 1. The first-order valence-electron chi connectivity index (χ1n) is 5.10. The van der Waals surface area contributed by atoms with Crippen LogP contribution in [0, 0.1) is 6.92 Å². The van der Waals surface area contributed by atoms with Crippen molar-refractivity contribution in [2.45, 2.75) is 13.0 Å². The lowest BCUT2D eigenvalue weighted by Crippen LogP contribution is -2.11. The Balaban J connectivity index is 2.33. The Morgan fingerprint density at radius 2 is 2.29 bits per heavy atom. The molecular weight excluding hydrogens is 286 g/mol. The highest BCUT2D eigenvalue weighted by Crippen LogP contribution is 2.24. The molecule has 17 heavy (non-hydrogen) atoms. The first-order chi connectivity index (χ1) is 8.11. The van der Waals surface area contributed by atoms with Crippen molar-refractivity contribution in [3.05, 3.63) is 34.1 Å². The Bertz CT molecular complexity index is 527. The van der Waals surface area contributed by atoms with Crippen molar-refractivity contribution < 1.29 is 9.63 Å². The van der Waals surface area contributed by atoms with Gasteiger partial charge in [-0.15, -0.1) is 0 Å². The lowest BCUT2D eigenvalue weighted by molar-refractivity contribution is 0.141. The van der Waals surface area contributed by atoms with E-state index in [1.54, 1.807) is 0 Å². The molecule has 0 amide bonds. The van der Waals surface area contributed by atoms with Crippen LogP contribution in [0.2, 0.25) is 0 Å². The third kappa shape index (κ3) is 2.54. The van der Waals surface area contributed by atoms with E-state index in [0.29, 0.717) is 5.82 Å². The molecule has 1 atom stereocenters. The summed E-state index contributed by atoms with van der Waals surface area (Å²) in [6.45, 7) is 2.05. The van der Waals surface area contributed by atoms with Crippen molar-refractivity contribution in [2.75, 3.05) is 6.54 Å². The van der Waals surface area contributed by atoms with Gasteiger partial charge in [0.2, 0.25) is 5.82 Å². The van der Waals surface area contributed by atoms with Gasteiger partial charge in [-0.2, -0.15) is 4.98 Å². The van der Waals surface area contributed by atoms with Crippen molar-refractivity contribution in [2.24, 2.45) is 5.73 Å². The molecule has 0 saturated heterocycles. The molecule has 90 valence electrons. The Kier molecular flexibility index (Phi) is 3.56. The van der Waals surface area contributed by atoms with E-state index in [9.17, 15) is 5.11 Å². The fourth-order valence-corrected chi connectivity index (χ4v) is 1.70. The van der Waals surface area contributed by atoms with Crippen LogP contribution in [0.15, 0.2) is 27.2 Å². The van der Waals surface area contributed by atoms with Gasteiger partial charge in [-0.1, -0.05) is 33.2 Å². The molecule has 2 aromatic rings. The molecule has 0 aliphatic carbocycles. The summed E-state index contributed by atoms with van der Waals surface area (Å²) in [5, 5.41) is 13.3. The van der Waals surface area contributed by atoms with Crippen LogP contribution in [0.4, 0.5) is 0 Å². The van der Waals surface area contributed by atoms with Crippen LogP contribution in [0.25, 0.3) is 11.4 Å². The highest BCUT2D eigenvalue weighted by Gasteiger charge is 2.15. The standard InChI is InChI=1S/C11H12BrN3O2/c1-6-2-3-7(4-8(6)12)10-14-11(17-15-10)9(16)5-13/h2-4,9,16H,5,13H2,1H3/t9-/m0/s1. The van der Waals surface area contributed by atoms with Gasteiger partial charge in [-0.25, -0.2) is 0 Å². The van der Waals surface area contributed by atoms with Crippen molar-refractivity contribution >= 4 is 15.9 Å². The summed E-state index contributed by atoms with van der Waals surface area (Å²) < 4.78 is 5.91. The predicted octanol–water partition coefficient (Wildman–Crippen LogP) is 1.80. The second kappa shape index (κ2) is 4.95. The fraction of sp³-hybridized carbons (Fsp3) is 0.273. The molecule has 1 heterocycles. The minimum atomic E-state index is -0.912. The molecule has 0 unspecified atom stereocenters. The molecule has 6 heteroatoms. The van der Waals surface area contributed by atoms with Crippen LogP contribution in [0.3, 0.4) is 0 Å². The maximum atomic E-state index is 9.46. The number of aryl methyl sites for hydroxylation is 1. The van der Waals surface area contributed by atoms with Gasteiger partial charge in [0, 0.05) is 16.6 Å². The second-order valence-corrected chi connectivity index (χ2v) is 4.53. The van der Waals surface area contributed by atoms with Gasteiger partial charge in [-0.05, 0) is 18.6 Å². The number of aromatic nitrogens is 2. The van der Waals surface area contributed by atoms with Gasteiger partial charge in [0.1, 0.15) is 6.10 Å². The molecule has 0 aliphatic heterocycles. The molecule has 1 aromatic heterocycles. The van der Waals surface area contributed by atoms with Gasteiger partial charge < -0.3 is 15.4 Å². The number of aliphatic hydroxyl groups is 1. The predicted molar refractivity (Wildman–Crippen MR) is 66.2 cm³/mol. The molecule has 5 nitrogen and oxygen atoms in total. The van der Waals surface area contributed by atoms with Gasteiger partial charge >= 0.3 is 0 Å². The van der Waals surface area contributed by atoms with E-state index in [1.165, 1.54) is 0 Å². The zero-order chi connectivity index (χ0) is 12.4. The number of halogens is 1. The Morgan fingerprint density at radius 3 is 2.94 bits per heavy atom. The largest absolute Gasteiger partial charge is 0.382 e. The molecule has 2 rings (SSSR count). The normalized spacial score (nSPS) is 12.7. The summed E-state index contributed by atoms with van der Waals surface area (Å²) in [7, 11) is 0. The van der Waals surface area contributed by atoms with Gasteiger partial charge in [-0.3, -0.25) is 0 Å². The van der Waals surface area contributed by atoms with Crippen molar-refractivity contribution in [1.82, 2.24) is 10.1 Å². The SMILES string of the molecule is Cc1ccc(-c2noc([C@@H](O)CN)n2)cc1Br. The summed E-state index contributed by atoms with van der Waals surface area (Å²) in [6, 6.07) is 5.75. The molecular formula is C11H12BrN3O2. The molecule has 0 fully saturated rings. The molecule has 3 N–H and O–H groups in total. The number of hydrogen-bond donors (Lipinski definition) is 2. The zero-order valence-electron chi connectivity index (χ0n) is 9.22. The monoisotopic (exact) mass is 297 g/mol. The van der Waals surface area contributed by atoms with Gasteiger partial charge in [0.15, 0.2) is 0 Å². The Morgan fingerprint density at radius 1 is 1.53 bits per heavy atom. The molecule has 1 aromatic carbocycles. The molecule has 0 spiro atoms. The molecule has 0 bridgehead atoms. The van der Waals surface area contributed by atoms with Crippen LogP contribution >= 0.6 is 15.9 Å². The second-order valence-electron chi connectivity index (χ2n) is 3.67. The summed E-state index contributed by atoms with van der Waals surface area (Å²) in [5.74, 6) is 0.576. The summed E-state index contributed by atoms with van der Waals surface area (Å²) in [6.07, 6.45) is -0.912. The molecule has 0 radical (unpaired) electrons. The van der Waals surface area contributed by atoms with E-state index in [2.05, 4.69) is 26.1 Å². The van der Waals surface area contributed by atoms with Crippen LogP contribution < -0.4 is 5.73 Å². The Hall–Kier alpha value is -1.24. The number of nitrogens with zero attached hydrogens (tertiary/aromatic N) is 2. The lowest BCUT2D eigenvalue weighted by Gasteiger charge is -2.00. The summed E-state index contributed by atoms with van der Waals surface area (Å²) in [5.41, 5.74) is 7.26. The summed E-state index contributed by atoms with van der Waals surface area (Å²) in [4.78, 5) is 4.09. The van der Waals surface area contributed by atoms with E-state index < -0.39 is 6.10 Å². The lowest BCUT2D eigenvalue weighted by atomic mass is 10.1. The third-order valence-corrected chi connectivity index (χ3v) is 3.23. The average Bonchev–Trinajstić information content (AvgIpc) is 2.81. The number of nitrogens with two attached hydrogens (primary N) is 1. The maximum Gasteiger partial charge on any atom is 0.257 e. The topological polar surface area (TPSA) is 85.2 Å². The smallest absolute Gasteiger partial charge is 0.257 e. The van der Waals surface area contributed by atoms with Crippen molar-refractivity contribution in [3.8, 4) is 11.4 Å². The van der Waals surface area contributed by atoms with E-state index in [-0.39, 0.29) is 12.4 Å². The van der Waals surface area contributed by atoms with E-state index in [1.807, 2.05) is 25.1 Å². The molecule has 0 aliphatic rings. The van der Waals surface area contributed by atoms with Crippen molar-refractivity contribution in [3.63, 3.8) is 0 Å². The van der Waals surface area contributed by atoms with E-state index in [4.69, 9.17) is 10.3 Å². The minimum absolute atomic E-state index is 0.0548. The quantitative estimate of drug-likeness (QED) is 0.902. The fourth-order valence-electron chi connectivity index (χ4n) is 1.32. The van der Waals surface area contributed by atoms with E-state index >= 15 is 0 Å². The summed E-state index contributed by atoms with van der Waals surface area (Å²) >= 11 is 3.44. The Labute approximate surface area is 107 Å². The van der Waals surface area contributed by atoms with E-state index in [0.717, 1.165) is 15.6 Å². The first-order valence-corrected chi connectivity index (χ1v) is 5.89. The minimum Gasteiger partial charge on any atom is -0.382 e. The third-order valence-electron chi connectivity index (χ3n) is 2.38. The number of rotatable bonds is 3. The number of benzene rings is 1. The highest BCUT2D eigenvalue weighted by atomic mass is 79.9. The average molecular weight is 298 g/mol. The highest BCUT2D eigenvalue weighted by molar-refractivity contribution is 9.10. The van der Waals surface area contributed by atoms with Gasteiger partial charge in [0.25, 0.3) is 5.89 Å². The van der Waals surface area contributed by atoms with Gasteiger partial charge in [0.05, 0.1) is 0 Å². The van der Waals surface area contributed by atoms with Crippen LogP contribution in [-0.2, 0) is 0 Å².